The molecule has 0 unspecified atom stereocenters. The zero-order valence-electron chi connectivity index (χ0n) is 18.8. The van der Waals surface area contributed by atoms with Crippen LogP contribution in [-0.4, -0.2) is 23.6 Å². The number of nitrogens with one attached hydrogen (secondary N) is 2. The Morgan fingerprint density at radius 1 is 1.08 bits per heavy atom. The summed E-state index contributed by atoms with van der Waals surface area (Å²) in [4.78, 5) is 4.96. The van der Waals surface area contributed by atoms with Gasteiger partial charge in [-0.3, -0.25) is 9.62 Å². The van der Waals surface area contributed by atoms with Crippen molar-refractivity contribution in [2.75, 3.05) is 9.62 Å². The Balaban J connectivity index is 1.48. The van der Waals surface area contributed by atoms with E-state index < -0.39 is 10.0 Å². The molecule has 1 aliphatic heterocycles. The topological polar surface area (TPSA) is 133 Å². The first-order valence-electron chi connectivity index (χ1n) is 10.9. The number of aromatic nitrogens is 3. The molecule has 1 aliphatic carbocycles. The van der Waals surface area contributed by atoms with Gasteiger partial charge >= 0.3 is 0 Å². The Morgan fingerprint density at radius 2 is 1.92 bits per heavy atom. The lowest BCUT2D eigenvalue weighted by Gasteiger charge is -2.27. The van der Waals surface area contributed by atoms with Crippen molar-refractivity contribution in [1.82, 2.24) is 15.2 Å². The first kappa shape index (κ1) is 22.9. The van der Waals surface area contributed by atoms with E-state index in [2.05, 4.69) is 26.0 Å². The molecule has 36 heavy (non-hydrogen) atoms. The molecule has 0 saturated carbocycles. The Kier molecular flexibility index (Phi) is 6.25. The molecule has 10 nitrogen and oxygen atoms in total. The number of allylic oxidation sites excluding steroid dienone is 4. The van der Waals surface area contributed by atoms with E-state index in [9.17, 15) is 8.42 Å². The number of hydrogen-bond donors (Lipinski definition) is 2. The molecule has 0 bridgehead atoms. The minimum absolute atomic E-state index is 0.0347. The highest BCUT2D eigenvalue weighted by Crippen LogP contribution is 2.32. The zero-order chi connectivity index (χ0) is 25.0. The second kappa shape index (κ2) is 9.81. The van der Waals surface area contributed by atoms with E-state index in [0.29, 0.717) is 34.5 Å². The van der Waals surface area contributed by atoms with Crippen LogP contribution in [0.25, 0.3) is 11.4 Å². The van der Waals surface area contributed by atoms with Gasteiger partial charge in [0.05, 0.1) is 22.2 Å². The molecule has 0 spiro atoms. The van der Waals surface area contributed by atoms with Crippen LogP contribution in [0, 0.1) is 11.3 Å². The van der Waals surface area contributed by atoms with Gasteiger partial charge in [-0.2, -0.15) is 5.26 Å². The summed E-state index contributed by atoms with van der Waals surface area (Å²) in [7, 11) is -3.91. The normalized spacial score (nSPS) is 14.6. The van der Waals surface area contributed by atoms with Crippen molar-refractivity contribution in [3.8, 4) is 17.5 Å². The molecule has 2 N–H and O–H groups in total. The molecule has 2 aliphatic rings. The third-order valence-electron chi connectivity index (χ3n) is 5.40. The van der Waals surface area contributed by atoms with Gasteiger partial charge in [0, 0.05) is 11.3 Å². The van der Waals surface area contributed by atoms with Gasteiger partial charge in [0.25, 0.3) is 10.0 Å². The van der Waals surface area contributed by atoms with Crippen molar-refractivity contribution < 1.29 is 17.9 Å². The van der Waals surface area contributed by atoms with Crippen LogP contribution in [0.4, 0.5) is 11.6 Å². The second-order valence-electron chi connectivity index (χ2n) is 7.73. The summed E-state index contributed by atoms with van der Waals surface area (Å²) in [5.74, 6) is 1.13. The molecule has 0 amide bonds. The number of benzene rings is 2. The van der Waals surface area contributed by atoms with Gasteiger partial charge < -0.3 is 14.5 Å². The predicted octanol–water partition coefficient (Wildman–Crippen LogP) is 4.50. The Labute approximate surface area is 207 Å². The van der Waals surface area contributed by atoms with Crippen LogP contribution in [0.15, 0.2) is 102 Å². The molecule has 5 rings (SSSR count). The molecule has 180 valence electrons. The van der Waals surface area contributed by atoms with Crippen molar-refractivity contribution in [2.24, 2.45) is 0 Å². The van der Waals surface area contributed by atoms with E-state index in [0.717, 1.165) is 18.5 Å². The van der Waals surface area contributed by atoms with Crippen LogP contribution in [0.3, 0.4) is 0 Å². The number of nitriles is 1. The fourth-order valence-corrected chi connectivity index (χ4v) is 4.76. The number of anilines is 2. The fraction of sp³-hybridized carbons (Fsp3) is 0.0800. The smallest absolute Gasteiger partial charge is 0.261 e. The van der Waals surface area contributed by atoms with E-state index in [1.165, 1.54) is 43.1 Å². The molecule has 2 heterocycles. The van der Waals surface area contributed by atoms with Crippen LogP contribution in [-0.2, 0) is 19.5 Å². The first-order valence-corrected chi connectivity index (χ1v) is 12.4. The number of H-pyrrole nitrogens is 1. The van der Waals surface area contributed by atoms with Crippen LogP contribution in [0.5, 0.6) is 0 Å². The number of sulfonamides is 1. The lowest BCUT2D eigenvalue weighted by atomic mass is 10.1. The van der Waals surface area contributed by atoms with Crippen LogP contribution >= 0.6 is 0 Å². The number of para-hydroxylation sites is 1. The van der Waals surface area contributed by atoms with Crippen LogP contribution in [0.2, 0.25) is 0 Å². The van der Waals surface area contributed by atoms with Crippen molar-refractivity contribution in [1.29, 1.82) is 5.26 Å². The molecule has 0 saturated heterocycles. The standard InChI is InChI=1S/C25H20N6O4S/c26-16-18-10-12-20(13-11-18)36(32,33)30-22-9-5-4-8-21(22)24-27-25(29-28-24)31(19-6-2-1-3-7-19)23-17-34-14-15-35-23/h1-2,4-6,8-15,17,30H,3,7H2,(H,27,28,29). The van der Waals surface area contributed by atoms with Gasteiger partial charge in [-0.25, -0.2) is 8.42 Å². The molecular formula is C25H20N6O4S. The van der Waals surface area contributed by atoms with Crippen molar-refractivity contribution >= 4 is 21.7 Å². The van der Waals surface area contributed by atoms with E-state index in [4.69, 9.17) is 14.7 Å². The SMILES string of the molecule is N#Cc1ccc(S(=O)(=O)Nc2ccccc2-c2nnc(N(C3=CC=CCC3)C3=COC=CO3)[nH]2)cc1. The third-order valence-corrected chi connectivity index (χ3v) is 6.78. The number of hydrogen-bond acceptors (Lipinski definition) is 8. The highest BCUT2D eigenvalue weighted by atomic mass is 32.2. The molecule has 11 heteroatoms. The summed E-state index contributed by atoms with van der Waals surface area (Å²) in [6, 6.07) is 14.5. The van der Waals surface area contributed by atoms with Crippen molar-refractivity contribution in [3.05, 3.63) is 103 Å². The molecule has 0 fully saturated rings. The maximum Gasteiger partial charge on any atom is 0.261 e. The van der Waals surface area contributed by atoms with E-state index in [1.807, 2.05) is 18.2 Å². The Morgan fingerprint density at radius 3 is 2.64 bits per heavy atom. The number of rotatable bonds is 7. The summed E-state index contributed by atoms with van der Waals surface area (Å²) in [5.41, 5.74) is 2.10. The molecule has 3 aromatic rings. The quantitative estimate of drug-likeness (QED) is 0.484. The molecule has 2 aromatic carbocycles. The number of aromatic amines is 1. The minimum atomic E-state index is -3.91. The summed E-state index contributed by atoms with van der Waals surface area (Å²) in [6.07, 6.45) is 11.9. The predicted molar refractivity (Wildman–Crippen MR) is 132 cm³/mol. The van der Waals surface area contributed by atoms with Gasteiger partial charge in [0.1, 0.15) is 12.5 Å². The Bertz CT molecular complexity index is 1550. The van der Waals surface area contributed by atoms with Crippen LogP contribution < -0.4 is 9.62 Å². The molecular weight excluding hydrogens is 480 g/mol. The van der Waals surface area contributed by atoms with Gasteiger partial charge in [0.15, 0.2) is 12.1 Å². The molecule has 0 atom stereocenters. The van der Waals surface area contributed by atoms with Gasteiger partial charge in [-0.1, -0.05) is 24.3 Å². The first-order chi connectivity index (χ1) is 17.5. The van der Waals surface area contributed by atoms with Gasteiger partial charge in [0.2, 0.25) is 11.8 Å². The summed E-state index contributed by atoms with van der Waals surface area (Å²) in [6.45, 7) is 0. The van der Waals surface area contributed by atoms with Crippen molar-refractivity contribution in [2.45, 2.75) is 17.7 Å². The third kappa shape index (κ3) is 4.70. The maximum absolute atomic E-state index is 13.0. The highest BCUT2D eigenvalue weighted by molar-refractivity contribution is 7.92. The van der Waals surface area contributed by atoms with Gasteiger partial charge in [-0.15, -0.1) is 10.2 Å². The average Bonchev–Trinajstić information content (AvgIpc) is 3.40. The van der Waals surface area contributed by atoms with Gasteiger partial charge in [-0.05, 0) is 55.3 Å². The van der Waals surface area contributed by atoms with E-state index >= 15 is 0 Å². The highest BCUT2D eigenvalue weighted by Gasteiger charge is 2.25. The zero-order valence-corrected chi connectivity index (χ0v) is 19.6. The second-order valence-corrected chi connectivity index (χ2v) is 9.41. The largest absolute Gasteiger partial charge is 0.464 e. The van der Waals surface area contributed by atoms with Crippen LogP contribution in [0.1, 0.15) is 18.4 Å². The average molecular weight is 501 g/mol. The van der Waals surface area contributed by atoms with E-state index in [-0.39, 0.29) is 4.90 Å². The minimum Gasteiger partial charge on any atom is -0.464 e. The fourth-order valence-electron chi connectivity index (χ4n) is 3.68. The summed E-state index contributed by atoms with van der Waals surface area (Å²) >= 11 is 0. The summed E-state index contributed by atoms with van der Waals surface area (Å²) in [5, 5.41) is 17.6. The summed E-state index contributed by atoms with van der Waals surface area (Å²) < 4.78 is 39.5. The monoisotopic (exact) mass is 500 g/mol. The van der Waals surface area contributed by atoms with Crippen molar-refractivity contribution in [3.63, 3.8) is 0 Å². The Hall–Kier alpha value is -4.82. The lowest BCUT2D eigenvalue weighted by molar-refractivity contribution is 0.250. The molecule has 0 radical (unpaired) electrons. The lowest BCUT2D eigenvalue weighted by Crippen LogP contribution is -2.25. The van der Waals surface area contributed by atoms with E-state index in [1.54, 1.807) is 29.2 Å². The maximum atomic E-state index is 13.0. The number of nitrogens with zero attached hydrogens (tertiary/aromatic N) is 4. The number of ether oxygens (including phenoxy) is 2. The molecule has 1 aromatic heterocycles.